The van der Waals surface area contributed by atoms with Gasteiger partial charge >= 0.3 is 0 Å². The highest BCUT2D eigenvalue weighted by Gasteiger charge is 2.22. The maximum absolute atomic E-state index is 5.22. The molecule has 4 nitrogen and oxygen atoms in total. The highest BCUT2D eigenvalue weighted by molar-refractivity contribution is 8.00. The first-order valence-electron chi connectivity index (χ1n) is 6.10. The summed E-state index contributed by atoms with van der Waals surface area (Å²) < 4.78 is 5.22. The van der Waals surface area contributed by atoms with Crippen LogP contribution in [-0.4, -0.2) is 35.0 Å². The zero-order valence-electron chi connectivity index (χ0n) is 10.2. The van der Waals surface area contributed by atoms with Gasteiger partial charge in [0.2, 0.25) is 5.95 Å². The van der Waals surface area contributed by atoms with E-state index in [9.17, 15) is 0 Å². The molecule has 2 aromatic rings. The molecular formula is C12H15N3OS2. The van der Waals surface area contributed by atoms with Crippen molar-refractivity contribution in [3.05, 3.63) is 11.4 Å². The summed E-state index contributed by atoms with van der Waals surface area (Å²) >= 11 is 3.47. The Morgan fingerprint density at radius 1 is 1.50 bits per heavy atom. The number of fused-ring (bicyclic) bond motifs is 1. The minimum absolute atomic E-state index is 0.544. The summed E-state index contributed by atoms with van der Waals surface area (Å²) in [7, 11) is 0. The molecule has 1 fully saturated rings. The van der Waals surface area contributed by atoms with Crippen LogP contribution in [0.4, 0.5) is 5.95 Å². The second-order valence-electron chi connectivity index (χ2n) is 4.20. The monoisotopic (exact) mass is 281 g/mol. The first-order chi connectivity index (χ1) is 8.86. The number of aromatic nitrogens is 2. The number of anilines is 1. The van der Waals surface area contributed by atoms with Gasteiger partial charge in [-0.15, -0.1) is 11.3 Å². The first-order valence-corrected chi connectivity index (χ1v) is 7.86. The molecule has 0 bridgehead atoms. The molecule has 1 aliphatic heterocycles. The van der Waals surface area contributed by atoms with Crippen molar-refractivity contribution in [1.29, 1.82) is 0 Å². The lowest BCUT2D eigenvalue weighted by Crippen LogP contribution is -2.30. The first kappa shape index (κ1) is 12.2. The summed E-state index contributed by atoms with van der Waals surface area (Å²) in [5.74, 6) is 0.745. The van der Waals surface area contributed by atoms with Crippen LogP contribution >= 0.6 is 23.1 Å². The van der Waals surface area contributed by atoms with Crippen LogP contribution < -0.4 is 5.32 Å². The number of nitrogens with one attached hydrogen (secondary N) is 1. The molecule has 0 aromatic carbocycles. The molecular weight excluding hydrogens is 266 g/mol. The molecule has 0 atom stereocenters. The Bertz CT molecular complexity index is 539. The van der Waals surface area contributed by atoms with Crippen molar-refractivity contribution in [2.45, 2.75) is 23.6 Å². The van der Waals surface area contributed by atoms with E-state index in [4.69, 9.17) is 4.74 Å². The predicted molar refractivity (Wildman–Crippen MR) is 76.7 cm³/mol. The number of thioether (sulfide) groups is 1. The molecule has 3 rings (SSSR count). The van der Waals surface area contributed by atoms with E-state index >= 15 is 0 Å². The van der Waals surface area contributed by atoms with Gasteiger partial charge in [-0.05, 0) is 17.9 Å². The number of ether oxygens (including phenoxy) is 1. The summed E-state index contributed by atoms with van der Waals surface area (Å²) in [6.07, 6.45) is 1.07. The number of thiophene rings is 1. The van der Waals surface area contributed by atoms with Crippen LogP contribution in [0.5, 0.6) is 0 Å². The lowest BCUT2D eigenvalue weighted by Gasteiger charge is -2.25. The summed E-state index contributed by atoms with van der Waals surface area (Å²) in [6.45, 7) is 4.71. The molecule has 0 radical (unpaired) electrons. The Hall–Kier alpha value is -0.850. The van der Waals surface area contributed by atoms with E-state index < -0.39 is 0 Å². The van der Waals surface area contributed by atoms with Gasteiger partial charge in [-0.1, -0.05) is 18.7 Å². The molecule has 2 aromatic heterocycles. The van der Waals surface area contributed by atoms with Crippen molar-refractivity contribution in [3.8, 4) is 0 Å². The van der Waals surface area contributed by atoms with Gasteiger partial charge in [0.05, 0.1) is 18.5 Å². The molecule has 0 unspecified atom stereocenters. The second-order valence-corrected chi connectivity index (χ2v) is 6.38. The van der Waals surface area contributed by atoms with Crippen LogP contribution in [0.1, 0.15) is 13.3 Å². The van der Waals surface area contributed by atoms with Gasteiger partial charge in [0.15, 0.2) is 0 Å². The molecule has 0 aliphatic carbocycles. The van der Waals surface area contributed by atoms with Crippen LogP contribution in [0.25, 0.3) is 10.2 Å². The SMILES string of the molecule is CCCNc1nc(SC2COC2)c2ccsc2n1. The van der Waals surface area contributed by atoms with E-state index in [1.807, 2.05) is 0 Å². The van der Waals surface area contributed by atoms with E-state index in [0.717, 1.165) is 42.0 Å². The van der Waals surface area contributed by atoms with Crippen molar-refractivity contribution in [2.24, 2.45) is 0 Å². The van der Waals surface area contributed by atoms with Crippen molar-refractivity contribution in [1.82, 2.24) is 9.97 Å². The number of hydrogen-bond acceptors (Lipinski definition) is 6. The molecule has 1 aliphatic rings. The molecule has 0 spiro atoms. The van der Waals surface area contributed by atoms with Crippen LogP contribution in [0, 0.1) is 0 Å². The lowest BCUT2D eigenvalue weighted by molar-refractivity contribution is 0.0455. The third-order valence-electron chi connectivity index (χ3n) is 2.71. The fourth-order valence-corrected chi connectivity index (χ4v) is 3.58. The lowest BCUT2D eigenvalue weighted by atomic mass is 10.4. The molecule has 18 heavy (non-hydrogen) atoms. The standard InChI is InChI=1S/C12H15N3OS2/c1-2-4-13-12-14-10-9(3-5-17-10)11(15-12)18-8-6-16-7-8/h3,5,8H,2,4,6-7H2,1H3,(H,13,14,15). The second kappa shape index (κ2) is 5.42. The fourth-order valence-electron chi connectivity index (χ4n) is 1.67. The minimum Gasteiger partial charge on any atom is -0.379 e. The Kier molecular flexibility index (Phi) is 3.67. The van der Waals surface area contributed by atoms with Crippen LogP contribution in [0.2, 0.25) is 0 Å². The van der Waals surface area contributed by atoms with Gasteiger partial charge in [-0.3, -0.25) is 0 Å². The Labute approximate surface area is 114 Å². The molecule has 0 amide bonds. The van der Waals surface area contributed by atoms with Crippen LogP contribution in [0.3, 0.4) is 0 Å². The predicted octanol–water partition coefficient (Wildman–Crippen LogP) is 3.00. The molecule has 0 saturated carbocycles. The Balaban J connectivity index is 1.89. The topological polar surface area (TPSA) is 47.0 Å². The highest BCUT2D eigenvalue weighted by atomic mass is 32.2. The highest BCUT2D eigenvalue weighted by Crippen LogP contribution is 2.34. The quantitative estimate of drug-likeness (QED) is 0.854. The number of nitrogens with zero attached hydrogens (tertiary/aromatic N) is 2. The Morgan fingerprint density at radius 3 is 3.11 bits per heavy atom. The van der Waals surface area contributed by atoms with Crippen LogP contribution in [0.15, 0.2) is 16.5 Å². The smallest absolute Gasteiger partial charge is 0.225 e. The average Bonchev–Trinajstić information content (AvgIpc) is 2.79. The third kappa shape index (κ3) is 2.46. The zero-order chi connectivity index (χ0) is 12.4. The number of hydrogen-bond donors (Lipinski definition) is 1. The normalized spacial score (nSPS) is 15.8. The van der Waals surface area contributed by atoms with Crippen molar-refractivity contribution < 1.29 is 4.74 Å². The summed E-state index contributed by atoms with van der Waals surface area (Å²) in [6, 6.07) is 2.10. The van der Waals surface area contributed by atoms with Gasteiger partial charge in [0.1, 0.15) is 9.86 Å². The van der Waals surface area contributed by atoms with Gasteiger partial charge in [0, 0.05) is 11.9 Å². The van der Waals surface area contributed by atoms with E-state index in [0.29, 0.717) is 5.25 Å². The van der Waals surface area contributed by atoms with Gasteiger partial charge < -0.3 is 10.1 Å². The Morgan fingerprint density at radius 2 is 2.39 bits per heavy atom. The summed E-state index contributed by atoms with van der Waals surface area (Å²) in [5.41, 5.74) is 0. The van der Waals surface area contributed by atoms with Gasteiger partial charge in [-0.25, -0.2) is 9.97 Å². The molecule has 6 heteroatoms. The van der Waals surface area contributed by atoms with Gasteiger partial charge in [-0.2, -0.15) is 0 Å². The van der Waals surface area contributed by atoms with E-state index in [1.165, 1.54) is 5.39 Å². The third-order valence-corrected chi connectivity index (χ3v) is 4.66. The van der Waals surface area contributed by atoms with Crippen molar-refractivity contribution in [2.75, 3.05) is 25.1 Å². The van der Waals surface area contributed by atoms with Crippen molar-refractivity contribution in [3.63, 3.8) is 0 Å². The zero-order valence-corrected chi connectivity index (χ0v) is 11.8. The van der Waals surface area contributed by atoms with E-state index in [-0.39, 0.29) is 0 Å². The van der Waals surface area contributed by atoms with E-state index in [2.05, 4.69) is 33.7 Å². The summed E-state index contributed by atoms with van der Waals surface area (Å²) in [5, 5.41) is 8.13. The fraction of sp³-hybridized carbons (Fsp3) is 0.500. The maximum Gasteiger partial charge on any atom is 0.225 e. The molecule has 1 saturated heterocycles. The molecule has 96 valence electrons. The largest absolute Gasteiger partial charge is 0.379 e. The van der Waals surface area contributed by atoms with Crippen LogP contribution in [-0.2, 0) is 4.74 Å². The van der Waals surface area contributed by atoms with E-state index in [1.54, 1.807) is 23.1 Å². The molecule has 1 N–H and O–H groups in total. The number of rotatable bonds is 5. The average molecular weight is 281 g/mol. The maximum atomic E-state index is 5.22. The minimum atomic E-state index is 0.544. The summed E-state index contributed by atoms with van der Waals surface area (Å²) in [4.78, 5) is 10.2. The van der Waals surface area contributed by atoms with Crippen molar-refractivity contribution >= 4 is 39.3 Å². The molecule has 3 heterocycles. The van der Waals surface area contributed by atoms with Gasteiger partial charge in [0.25, 0.3) is 0 Å².